The van der Waals surface area contributed by atoms with Crippen LogP contribution in [0.25, 0.3) is 11.1 Å². The molecule has 7 heteroatoms. The summed E-state index contributed by atoms with van der Waals surface area (Å²) in [6, 6.07) is 14.0. The van der Waals surface area contributed by atoms with Crippen LogP contribution in [0.3, 0.4) is 0 Å². The van der Waals surface area contributed by atoms with Crippen molar-refractivity contribution >= 4 is 17.3 Å². The van der Waals surface area contributed by atoms with Crippen LogP contribution in [0, 0.1) is 5.82 Å². The van der Waals surface area contributed by atoms with E-state index in [0.717, 1.165) is 42.0 Å². The Balaban J connectivity index is 1.33. The van der Waals surface area contributed by atoms with Crippen molar-refractivity contribution in [2.45, 2.75) is 19.1 Å². The molecule has 29 heavy (non-hydrogen) atoms. The number of ether oxygens (including phenoxy) is 1. The molecule has 1 atom stereocenters. The first-order valence-electron chi connectivity index (χ1n) is 9.57. The number of hydrogen-bond donors (Lipinski definition) is 1. The highest BCUT2D eigenvalue weighted by Gasteiger charge is 2.22. The standard InChI is InChI=1S/C22H23FN4O2/c1-29-21-10-11-26(14-21)20-8-6-19(7-9-20)25-22(28)15-27-13-17(12-24-27)16-2-4-18(23)5-3-16/h2-9,12-13,21H,10-11,14-15H2,1H3,(H,25,28)/t21-/m0/s1. The van der Waals surface area contributed by atoms with Gasteiger partial charge in [0, 0.05) is 43.3 Å². The number of nitrogens with zero attached hydrogens (tertiary/aromatic N) is 3. The second kappa shape index (κ2) is 8.45. The number of methoxy groups -OCH3 is 1. The van der Waals surface area contributed by atoms with Crippen LogP contribution in [0.5, 0.6) is 0 Å². The van der Waals surface area contributed by atoms with Crippen molar-refractivity contribution in [3.8, 4) is 11.1 Å². The summed E-state index contributed by atoms with van der Waals surface area (Å²) in [5, 5.41) is 7.11. The molecule has 1 N–H and O–H groups in total. The molecule has 0 aliphatic carbocycles. The van der Waals surface area contributed by atoms with E-state index in [9.17, 15) is 9.18 Å². The molecule has 2 aromatic carbocycles. The third-order valence-corrected chi connectivity index (χ3v) is 5.11. The third-order valence-electron chi connectivity index (χ3n) is 5.11. The van der Waals surface area contributed by atoms with Gasteiger partial charge in [0.05, 0.1) is 12.3 Å². The molecule has 6 nitrogen and oxygen atoms in total. The molecule has 3 aromatic rings. The zero-order chi connectivity index (χ0) is 20.2. The minimum absolute atomic E-state index is 0.102. The fourth-order valence-electron chi connectivity index (χ4n) is 3.50. The number of carbonyl (C=O) groups is 1. The van der Waals surface area contributed by atoms with E-state index >= 15 is 0 Å². The van der Waals surface area contributed by atoms with E-state index in [0.29, 0.717) is 0 Å². The van der Waals surface area contributed by atoms with Crippen LogP contribution in [-0.4, -0.2) is 42.0 Å². The lowest BCUT2D eigenvalue weighted by atomic mass is 10.1. The summed E-state index contributed by atoms with van der Waals surface area (Å²) in [6.07, 6.45) is 4.75. The van der Waals surface area contributed by atoms with Crippen LogP contribution in [-0.2, 0) is 16.1 Å². The Kier molecular flexibility index (Phi) is 5.57. The van der Waals surface area contributed by atoms with Crippen molar-refractivity contribution in [1.29, 1.82) is 0 Å². The van der Waals surface area contributed by atoms with Crippen molar-refractivity contribution in [2.24, 2.45) is 0 Å². The molecule has 0 bridgehead atoms. The Bertz CT molecular complexity index is 969. The quantitative estimate of drug-likeness (QED) is 0.695. The number of anilines is 2. The minimum atomic E-state index is -0.283. The van der Waals surface area contributed by atoms with Gasteiger partial charge in [-0.25, -0.2) is 4.39 Å². The SMILES string of the molecule is CO[C@H]1CCN(c2ccc(NC(=O)Cn3cc(-c4ccc(F)cc4)cn3)cc2)C1. The highest BCUT2D eigenvalue weighted by molar-refractivity contribution is 5.90. The van der Waals surface area contributed by atoms with Gasteiger partial charge in [-0.1, -0.05) is 12.1 Å². The van der Waals surface area contributed by atoms with Gasteiger partial charge < -0.3 is 15.0 Å². The van der Waals surface area contributed by atoms with Crippen LogP contribution in [0.1, 0.15) is 6.42 Å². The molecule has 1 fully saturated rings. The number of amides is 1. The summed E-state index contributed by atoms with van der Waals surface area (Å²) in [5.74, 6) is -0.443. The molecule has 2 heterocycles. The number of halogens is 1. The topological polar surface area (TPSA) is 59.4 Å². The predicted octanol–water partition coefficient (Wildman–Crippen LogP) is 3.55. The van der Waals surface area contributed by atoms with E-state index in [4.69, 9.17) is 4.74 Å². The lowest BCUT2D eigenvalue weighted by Crippen LogP contribution is -2.22. The average molecular weight is 394 g/mol. The van der Waals surface area contributed by atoms with E-state index in [1.165, 1.54) is 12.1 Å². The molecule has 0 saturated carbocycles. The van der Waals surface area contributed by atoms with Gasteiger partial charge in [-0.2, -0.15) is 5.10 Å². The molecule has 1 aliphatic rings. The second-order valence-electron chi connectivity index (χ2n) is 7.12. The average Bonchev–Trinajstić information content (AvgIpc) is 3.39. The van der Waals surface area contributed by atoms with Crippen molar-refractivity contribution in [2.75, 3.05) is 30.4 Å². The first-order valence-corrected chi connectivity index (χ1v) is 9.57. The Hall–Kier alpha value is -3.19. The number of aromatic nitrogens is 2. The molecular weight excluding hydrogens is 371 g/mol. The molecule has 0 radical (unpaired) electrons. The zero-order valence-corrected chi connectivity index (χ0v) is 16.2. The Morgan fingerprint density at radius 2 is 1.93 bits per heavy atom. The highest BCUT2D eigenvalue weighted by atomic mass is 19.1. The molecule has 1 aromatic heterocycles. The molecule has 0 spiro atoms. The molecule has 0 unspecified atom stereocenters. The number of hydrogen-bond acceptors (Lipinski definition) is 4. The first kappa shape index (κ1) is 19.1. The zero-order valence-electron chi connectivity index (χ0n) is 16.2. The van der Waals surface area contributed by atoms with E-state index < -0.39 is 0 Å². The van der Waals surface area contributed by atoms with E-state index in [1.807, 2.05) is 24.3 Å². The number of rotatable bonds is 6. The molecule has 150 valence electrons. The molecule has 4 rings (SSSR count). The summed E-state index contributed by atoms with van der Waals surface area (Å²) in [4.78, 5) is 14.6. The van der Waals surface area contributed by atoms with Gasteiger partial charge in [0.2, 0.25) is 5.91 Å². The van der Waals surface area contributed by atoms with Gasteiger partial charge in [0.15, 0.2) is 0 Å². The maximum atomic E-state index is 13.1. The van der Waals surface area contributed by atoms with Crippen LogP contribution >= 0.6 is 0 Å². The molecule has 1 amide bonds. The summed E-state index contributed by atoms with van der Waals surface area (Å²) >= 11 is 0. The fraction of sp³-hybridized carbons (Fsp3) is 0.273. The maximum Gasteiger partial charge on any atom is 0.246 e. The van der Waals surface area contributed by atoms with E-state index in [2.05, 4.69) is 15.3 Å². The Morgan fingerprint density at radius 3 is 2.62 bits per heavy atom. The van der Waals surface area contributed by atoms with Crippen molar-refractivity contribution < 1.29 is 13.9 Å². The van der Waals surface area contributed by atoms with Crippen LogP contribution in [0.2, 0.25) is 0 Å². The molecular formula is C22H23FN4O2. The largest absolute Gasteiger partial charge is 0.380 e. The van der Waals surface area contributed by atoms with Crippen LogP contribution in [0.4, 0.5) is 15.8 Å². The van der Waals surface area contributed by atoms with Gasteiger partial charge in [-0.3, -0.25) is 9.48 Å². The summed E-state index contributed by atoms with van der Waals surface area (Å²) in [7, 11) is 1.75. The highest BCUT2D eigenvalue weighted by Crippen LogP contribution is 2.23. The smallest absolute Gasteiger partial charge is 0.246 e. The minimum Gasteiger partial charge on any atom is -0.380 e. The van der Waals surface area contributed by atoms with Gasteiger partial charge in [-0.05, 0) is 48.4 Å². The number of carbonyl (C=O) groups excluding carboxylic acids is 1. The predicted molar refractivity (Wildman–Crippen MR) is 110 cm³/mol. The van der Waals surface area contributed by atoms with Crippen LogP contribution in [0.15, 0.2) is 60.9 Å². The number of benzene rings is 2. The lowest BCUT2D eigenvalue weighted by molar-refractivity contribution is -0.116. The summed E-state index contributed by atoms with van der Waals surface area (Å²) in [5.41, 5.74) is 3.55. The van der Waals surface area contributed by atoms with Gasteiger partial charge in [0.25, 0.3) is 0 Å². The second-order valence-corrected chi connectivity index (χ2v) is 7.12. The molecule has 1 saturated heterocycles. The third kappa shape index (κ3) is 4.63. The van der Waals surface area contributed by atoms with Crippen molar-refractivity contribution in [3.05, 3.63) is 66.7 Å². The summed E-state index contributed by atoms with van der Waals surface area (Å²) < 4.78 is 20.0. The van der Waals surface area contributed by atoms with Gasteiger partial charge in [0.1, 0.15) is 12.4 Å². The van der Waals surface area contributed by atoms with Crippen molar-refractivity contribution in [3.63, 3.8) is 0 Å². The van der Waals surface area contributed by atoms with Gasteiger partial charge >= 0.3 is 0 Å². The Labute approximate surface area is 168 Å². The monoisotopic (exact) mass is 394 g/mol. The van der Waals surface area contributed by atoms with Crippen LogP contribution < -0.4 is 10.2 Å². The fourth-order valence-corrected chi connectivity index (χ4v) is 3.50. The first-order chi connectivity index (χ1) is 14.1. The maximum absolute atomic E-state index is 13.1. The molecule has 1 aliphatic heterocycles. The van der Waals surface area contributed by atoms with Crippen molar-refractivity contribution in [1.82, 2.24) is 9.78 Å². The normalized spacial score (nSPS) is 16.2. The van der Waals surface area contributed by atoms with E-state index in [-0.39, 0.29) is 24.4 Å². The Morgan fingerprint density at radius 1 is 1.17 bits per heavy atom. The number of nitrogens with one attached hydrogen (secondary N) is 1. The van der Waals surface area contributed by atoms with E-state index in [1.54, 1.807) is 36.3 Å². The lowest BCUT2D eigenvalue weighted by Gasteiger charge is -2.18. The summed E-state index contributed by atoms with van der Waals surface area (Å²) in [6.45, 7) is 1.96. The van der Waals surface area contributed by atoms with Gasteiger partial charge in [-0.15, -0.1) is 0 Å².